The van der Waals surface area contributed by atoms with E-state index in [2.05, 4.69) is 43.0 Å². The zero-order valence-corrected chi connectivity index (χ0v) is 8.29. The van der Waals surface area contributed by atoms with Crippen LogP contribution < -0.4 is 5.90 Å². The van der Waals surface area contributed by atoms with Gasteiger partial charge < -0.3 is 4.84 Å². The topological polar surface area (TPSA) is 35.2 Å². The molecule has 0 aromatic heterocycles. The summed E-state index contributed by atoms with van der Waals surface area (Å²) in [5.74, 6) is 5.39. The average molecular weight is 179 g/mol. The van der Waals surface area contributed by atoms with Gasteiger partial charge in [-0.05, 0) is 17.5 Å². The summed E-state index contributed by atoms with van der Waals surface area (Å²) in [7, 11) is 0. The highest BCUT2D eigenvalue weighted by molar-refractivity contribution is 5.24. The first-order valence-electron chi connectivity index (χ1n) is 4.68. The summed E-state index contributed by atoms with van der Waals surface area (Å²) in [5, 5.41) is 0. The average Bonchev–Trinajstić information content (AvgIpc) is 2.18. The van der Waals surface area contributed by atoms with E-state index in [-0.39, 0.29) is 0 Å². The van der Waals surface area contributed by atoms with Crippen molar-refractivity contribution in [3.8, 4) is 0 Å². The second kappa shape index (κ2) is 5.00. The van der Waals surface area contributed by atoms with Crippen molar-refractivity contribution in [1.82, 2.24) is 0 Å². The van der Waals surface area contributed by atoms with Gasteiger partial charge in [0.05, 0.1) is 6.61 Å². The Kier molecular flexibility index (Phi) is 3.93. The number of nitrogens with two attached hydrogens (primary N) is 1. The molecule has 1 aromatic carbocycles. The van der Waals surface area contributed by atoms with E-state index in [1.807, 2.05) is 0 Å². The maximum atomic E-state index is 5.02. The van der Waals surface area contributed by atoms with Gasteiger partial charge >= 0.3 is 0 Å². The molecule has 0 aliphatic carbocycles. The fourth-order valence-electron chi connectivity index (χ4n) is 1.32. The van der Waals surface area contributed by atoms with Crippen molar-refractivity contribution in [1.29, 1.82) is 0 Å². The summed E-state index contributed by atoms with van der Waals surface area (Å²) in [6.07, 6.45) is 1.09. The molecule has 72 valence electrons. The van der Waals surface area contributed by atoms with E-state index in [9.17, 15) is 0 Å². The molecule has 0 amide bonds. The molecule has 0 saturated carbocycles. The summed E-state index contributed by atoms with van der Waals surface area (Å²) in [6, 6.07) is 8.59. The zero-order valence-electron chi connectivity index (χ0n) is 8.29. The second-order valence-electron chi connectivity index (χ2n) is 3.33. The van der Waals surface area contributed by atoms with E-state index in [1.54, 1.807) is 0 Å². The molecule has 0 fully saturated rings. The van der Waals surface area contributed by atoms with Crippen LogP contribution in [0, 0.1) is 0 Å². The lowest BCUT2D eigenvalue weighted by atomic mass is 10.0. The molecule has 1 aromatic rings. The highest BCUT2D eigenvalue weighted by Gasteiger charge is 2.04. The van der Waals surface area contributed by atoms with Gasteiger partial charge in [0.2, 0.25) is 0 Å². The van der Waals surface area contributed by atoms with E-state index in [0.717, 1.165) is 6.42 Å². The van der Waals surface area contributed by atoms with Crippen molar-refractivity contribution in [2.24, 2.45) is 5.90 Å². The first-order valence-corrected chi connectivity index (χ1v) is 4.68. The van der Waals surface area contributed by atoms with Crippen molar-refractivity contribution in [3.05, 3.63) is 35.4 Å². The molecular weight excluding hydrogens is 162 g/mol. The maximum absolute atomic E-state index is 5.02. The van der Waals surface area contributed by atoms with E-state index in [1.165, 1.54) is 11.1 Å². The SMILES string of the molecule is CCc1ccc(C(C)CON)cc1. The van der Waals surface area contributed by atoms with E-state index in [0.29, 0.717) is 12.5 Å². The molecule has 1 atom stereocenters. The third-order valence-electron chi connectivity index (χ3n) is 2.30. The number of rotatable bonds is 4. The Morgan fingerprint density at radius 3 is 2.38 bits per heavy atom. The van der Waals surface area contributed by atoms with Gasteiger partial charge in [-0.2, -0.15) is 0 Å². The normalized spacial score (nSPS) is 12.8. The molecule has 0 bridgehead atoms. The Hall–Kier alpha value is -0.860. The van der Waals surface area contributed by atoms with Crippen LogP contribution in [0.2, 0.25) is 0 Å². The summed E-state index contributed by atoms with van der Waals surface area (Å²) < 4.78 is 0. The number of hydrogen-bond acceptors (Lipinski definition) is 2. The lowest BCUT2D eigenvalue weighted by molar-refractivity contribution is 0.126. The molecule has 2 nitrogen and oxygen atoms in total. The van der Waals surface area contributed by atoms with Gasteiger partial charge in [0.25, 0.3) is 0 Å². The van der Waals surface area contributed by atoms with E-state index < -0.39 is 0 Å². The first-order chi connectivity index (χ1) is 6.27. The Morgan fingerprint density at radius 1 is 1.31 bits per heavy atom. The van der Waals surface area contributed by atoms with Crippen LogP contribution in [0.3, 0.4) is 0 Å². The van der Waals surface area contributed by atoms with Gasteiger partial charge in [-0.25, -0.2) is 5.90 Å². The second-order valence-corrected chi connectivity index (χ2v) is 3.33. The van der Waals surface area contributed by atoms with Crippen molar-refractivity contribution < 1.29 is 4.84 Å². The highest BCUT2D eigenvalue weighted by atomic mass is 16.6. The van der Waals surface area contributed by atoms with Crippen molar-refractivity contribution in [2.45, 2.75) is 26.2 Å². The molecule has 0 aliphatic rings. The number of hydrogen-bond donors (Lipinski definition) is 1. The summed E-state index contributed by atoms with van der Waals surface area (Å²) in [4.78, 5) is 4.61. The standard InChI is InChI=1S/C11H17NO/c1-3-10-4-6-11(7-5-10)9(2)8-13-12/h4-7,9H,3,8,12H2,1-2H3. The molecule has 2 heteroatoms. The summed E-state index contributed by atoms with van der Waals surface area (Å²) in [6.45, 7) is 4.83. The Balaban J connectivity index is 2.67. The van der Waals surface area contributed by atoms with Crippen molar-refractivity contribution in [2.75, 3.05) is 6.61 Å². The van der Waals surface area contributed by atoms with Gasteiger partial charge in [-0.1, -0.05) is 38.1 Å². The largest absolute Gasteiger partial charge is 0.304 e. The smallest absolute Gasteiger partial charge is 0.0745 e. The fourth-order valence-corrected chi connectivity index (χ4v) is 1.32. The Bertz CT molecular complexity index is 243. The van der Waals surface area contributed by atoms with Crippen LogP contribution in [0.4, 0.5) is 0 Å². The molecule has 2 N–H and O–H groups in total. The molecule has 13 heavy (non-hydrogen) atoms. The summed E-state index contributed by atoms with van der Waals surface area (Å²) >= 11 is 0. The molecule has 0 aliphatic heterocycles. The minimum absolute atomic E-state index is 0.371. The molecule has 0 radical (unpaired) electrons. The third-order valence-corrected chi connectivity index (χ3v) is 2.30. The highest BCUT2D eigenvalue weighted by Crippen LogP contribution is 2.15. The quantitative estimate of drug-likeness (QED) is 0.719. The summed E-state index contributed by atoms with van der Waals surface area (Å²) in [5.41, 5.74) is 2.65. The van der Waals surface area contributed by atoms with Crippen LogP contribution in [0.5, 0.6) is 0 Å². The fraction of sp³-hybridized carbons (Fsp3) is 0.455. The molecule has 1 rings (SSSR count). The molecular formula is C11H17NO. The lowest BCUT2D eigenvalue weighted by Crippen LogP contribution is -2.08. The van der Waals surface area contributed by atoms with E-state index >= 15 is 0 Å². The van der Waals surface area contributed by atoms with Crippen LogP contribution >= 0.6 is 0 Å². The zero-order chi connectivity index (χ0) is 9.68. The maximum Gasteiger partial charge on any atom is 0.0745 e. The minimum Gasteiger partial charge on any atom is -0.304 e. The van der Waals surface area contributed by atoms with Gasteiger partial charge in [-0.15, -0.1) is 0 Å². The monoisotopic (exact) mass is 179 g/mol. The first kappa shape index (κ1) is 10.2. The lowest BCUT2D eigenvalue weighted by Gasteiger charge is -2.10. The predicted molar refractivity (Wildman–Crippen MR) is 54.4 cm³/mol. The van der Waals surface area contributed by atoms with Gasteiger partial charge in [0, 0.05) is 5.92 Å². The van der Waals surface area contributed by atoms with Gasteiger partial charge in [-0.3, -0.25) is 0 Å². The van der Waals surface area contributed by atoms with Gasteiger partial charge in [0.1, 0.15) is 0 Å². The molecule has 0 spiro atoms. The van der Waals surface area contributed by atoms with Crippen LogP contribution in [0.1, 0.15) is 30.9 Å². The Morgan fingerprint density at radius 2 is 1.92 bits per heavy atom. The third kappa shape index (κ3) is 2.83. The van der Waals surface area contributed by atoms with Crippen LogP contribution in [-0.2, 0) is 11.3 Å². The van der Waals surface area contributed by atoms with Crippen LogP contribution in [0.25, 0.3) is 0 Å². The van der Waals surface area contributed by atoms with Crippen molar-refractivity contribution >= 4 is 0 Å². The predicted octanol–water partition coefficient (Wildman–Crippen LogP) is 2.24. The minimum atomic E-state index is 0.371. The van der Waals surface area contributed by atoms with Crippen molar-refractivity contribution in [3.63, 3.8) is 0 Å². The molecule has 0 heterocycles. The van der Waals surface area contributed by atoms with Crippen LogP contribution in [-0.4, -0.2) is 6.61 Å². The van der Waals surface area contributed by atoms with Gasteiger partial charge in [0.15, 0.2) is 0 Å². The van der Waals surface area contributed by atoms with Crippen LogP contribution in [0.15, 0.2) is 24.3 Å². The molecule has 0 saturated heterocycles. The molecule has 1 unspecified atom stereocenters. The Labute approximate surface area is 79.7 Å². The number of aryl methyl sites for hydroxylation is 1. The number of benzene rings is 1. The van der Waals surface area contributed by atoms with E-state index in [4.69, 9.17) is 5.90 Å².